The van der Waals surface area contributed by atoms with Crippen molar-refractivity contribution in [2.45, 2.75) is 38.3 Å². The van der Waals surface area contributed by atoms with Gasteiger partial charge in [0, 0.05) is 18.1 Å². The largest absolute Gasteiger partial charge is 0.492 e. The fourth-order valence-electron chi connectivity index (χ4n) is 3.93. The molecular formula is C28H30Cl3N3O5S. The zero-order chi connectivity index (χ0) is 29.4. The van der Waals surface area contributed by atoms with E-state index in [9.17, 15) is 18.0 Å². The van der Waals surface area contributed by atoms with E-state index in [1.165, 1.54) is 29.2 Å². The van der Waals surface area contributed by atoms with E-state index in [4.69, 9.17) is 39.5 Å². The Bertz CT molecular complexity index is 1450. The van der Waals surface area contributed by atoms with Gasteiger partial charge in [-0.2, -0.15) is 0 Å². The third-order valence-corrected chi connectivity index (χ3v) is 8.73. The Morgan fingerprint density at radius 2 is 1.62 bits per heavy atom. The van der Waals surface area contributed by atoms with Crippen LogP contribution < -0.4 is 14.4 Å². The Balaban J connectivity index is 2.09. The molecule has 40 heavy (non-hydrogen) atoms. The topological polar surface area (TPSA) is 96.0 Å². The average molecular weight is 627 g/mol. The molecule has 0 bridgehead atoms. The van der Waals surface area contributed by atoms with Crippen LogP contribution in [0.1, 0.15) is 26.3 Å². The first kappa shape index (κ1) is 31.5. The number of para-hydroxylation sites is 2. The highest BCUT2D eigenvalue weighted by atomic mass is 35.5. The number of halogens is 3. The Hall–Kier alpha value is -2.98. The van der Waals surface area contributed by atoms with Gasteiger partial charge in [0.25, 0.3) is 10.0 Å². The van der Waals surface area contributed by atoms with Crippen LogP contribution in [0.3, 0.4) is 0 Å². The second-order valence-corrected chi connectivity index (χ2v) is 11.8. The van der Waals surface area contributed by atoms with E-state index < -0.39 is 34.4 Å². The van der Waals surface area contributed by atoms with Crippen molar-refractivity contribution >= 4 is 62.3 Å². The van der Waals surface area contributed by atoms with E-state index in [0.29, 0.717) is 22.2 Å². The number of hydrogen-bond acceptors (Lipinski definition) is 5. The fourth-order valence-corrected chi connectivity index (χ4v) is 5.80. The van der Waals surface area contributed by atoms with Crippen LogP contribution in [0.5, 0.6) is 5.75 Å². The summed E-state index contributed by atoms with van der Waals surface area (Å²) in [5.41, 5.74) is 0.786. The molecule has 3 rings (SSSR count). The number of ether oxygens (including phenoxy) is 1. The third kappa shape index (κ3) is 7.60. The molecule has 0 aliphatic heterocycles. The lowest BCUT2D eigenvalue weighted by atomic mass is 10.1. The lowest BCUT2D eigenvalue weighted by Crippen LogP contribution is -2.51. The highest BCUT2D eigenvalue weighted by molar-refractivity contribution is 7.92. The van der Waals surface area contributed by atoms with E-state index in [1.807, 2.05) is 0 Å². The van der Waals surface area contributed by atoms with Gasteiger partial charge in [-0.1, -0.05) is 53.0 Å². The molecule has 3 aromatic carbocycles. The molecule has 0 radical (unpaired) electrons. The first-order chi connectivity index (χ1) is 19.0. The minimum atomic E-state index is -4.27. The van der Waals surface area contributed by atoms with Crippen molar-refractivity contribution in [1.29, 1.82) is 0 Å². The summed E-state index contributed by atoms with van der Waals surface area (Å²) in [6.45, 7) is 5.12. The van der Waals surface area contributed by atoms with Gasteiger partial charge in [0.05, 0.1) is 27.2 Å². The van der Waals surface area contributed by atoms with Gasteiger partial charge in [-0.25, -0.2) is 8.42 Å². The monoisotopic (exact) mass is 625 g/mol. The number of benzene rings is 3. The Kier molecular flexibility index (Phi) is 11.1. The Morgan fingerprint density at radius 3 is 2.25 bits per heavy atom. The molecule has 0 spiro atoms. The van der Waals surface area contributed by atoms with E-state index in [0.717, 1.165) is 4.31 Å². The number of amides is 2. The lowest BCUT2D eigenvalue weighted by molar-refractivity contribution is -0.139. The summed E-state index contributed by atoms with van der Waals surface area (Å²) in [5, 5.41) is 3.70. The quantitative estimate of drug-likeness (QED) is 0.274. The van der Waals surface area contributed by atoms with Crippen LogP contribution in [0.25, 0.3) is 0 Å². The zero-order valence-electron chi connectivity index (χ0n) is 22.2. The normalized spacial score (nSPS) is 11.9. The van der Waals surface area contributed by atoms with Gasteiger partial charge >= 0.3 is 0 Å². The van der Waals surface area contributed by atoms with Crippen LogP contribution in [0.4, 0.5) is 5.69 Å². The van der Waals surface area contributed by atoms with Crippen molar-refractivity contribution < 1.29 is 22.7 Å². The molecule has 8 nitrogen and oxygen atoms in total. The molecule has 3 aromatic rings. The maximum absolute atomic E-state index is 14.0. The maximum atomic E-state index is 14.0. The van der Waals surface area contributed by atoms with Crippen molar-refractivity contribution in [3.8, 4) is 5.75 Å². The smallest absolute Gasteiger partial charge is 0.264 e. The summed E-state index contributed by atoms with van der Waals surface area (Å²) >= 11 is 18.2. The molecule has 0 unspecified atom stereocenters. The molecule has 0 fully saturated rings. The van der Waals surface area contributed by atoms with Gasteiger partial charge in [0.15, 0.2) is 0 Å². The molecule has 0 aromatic heterocycles. The van der Waals surface area contributed by atoms with Crippen LogP contribution in [0.2, 0.25) is 15.1 Å². The van der Waals surface area contributed by atoms with E-state index in [2.05, 4.69) is 5.32 Å². The van der Waals surface area contributed by atoms with Gasteiger partial charge in [0.1, 0.15) is 18.3 Å². The predicted molar refractivity (Wildman–Crippen MR) is 159 cm³/mol. The highest BCUT2D eigenvalue weighted by Gasteiger charge is 2.33. The molecular weight excluding hydrogens is 597 g/mol. The minimum absolute atomic E-state index is 0.0179. The number of rotatable bonds is 12. The first-order valence-electron chi connectivity index (χ1n) is 12.5. The molecule has 0 heterocycles. The minimum Gasteiger partial charge on any atom is -0.492 e. The van der Waals surface area contributed by atoms with Gasteiger partial charge < -0.3 is 15.0 Å². The van der Waals surface area contributed by atoms with Gasteiger partial charge in [0.2, 0.25) is 11.8 Å². The number of nitrogens with one attached hydrogen (secondary N) is 1. The number of hydrogen-bond donors (Lipinski definition) is 1. The van der Waals surface area contributed by atoms with E-state index in [-0.39, 0.29) is 34.5 Å². The SMILES string of the molecule is CCNC(=O)[C@@H](C)N(Cc1ccc(Cl)c(Cl)c1)C(=O)CN(c1ccccc1OCC)S(=O)(=O)c1ccc(Cl)cc1. The van der Waals surface area contributed by atoms with Crippen molar-refractivity contribution in [1.82, 2.24) is 10.2 Å². The summed E-state index contributed by atoms with van der Waals surface area (Å²) in [5.74, 6) is -0.727. The van der Waals surface area contributed by atoms with Gasteiger partial charge in [-0.05, 0) is 74.9 Å². The fraction of sp³-hybridized carbons (Fsp3) is 0.286. The number of likely N-dealkylation sites (N-methyl/N-ethyl adjacent to an activating group) is 1. The first-order valence-corrected chi connectivity index (χ1v) is 15.1. The molecule has 0 aliphatic carbocycles. The summed E-state index contributed by atoms with van der Waals surface area (Å²) in [6, 6.07) is 16.1. The van der Waals surface area contributed by atoms with Gasteiger partial charge in [-0.3, -0.25) is 13.9 Å². The molecule has 1 N–H and O–H groups in total. The van der Waals surface area contributed by atoms with Crippen molar-refractivity contribution in [2.24, 2.45) is 0 Å². The summed E-state index contributed by atoms with van der Waals surface area (Å²) in [4.78, 5) is 28.0. The number of nitrogens with zero attached hydrogens (tertiary/aromatic N) is 2. The van der Waals surface area contributed by atoms with Crippen molar-refractivity contribution in [3.05, 3.63) is 87.4 Å². The third-order valence-electron chi connectivity index (χ3n) is 5.97. The average Bonchev–Trinajstić information content (AvgIpc) is 2.92. The Labute approximate surface area is 249 Å². The molecule has 2 amide bonds. The molecule has 0 aliphatic rings. The van der Waals surface area contributed by atoms with Crippen LogP contribution in [0, 0.1) is 0 Å². The molecule has 12 heteroatoms. The highest BCUT2D eigenvalue weighted by Crippen LogP contribution is 2.33. The number of carbonyl (C=O) groups excluding carboxylic acids is 2. The molecule has 214 valence electrons. The molecule has 0 saturated carbocycles. The number of carbonyl (C=O) groups is 2. The van der Waals surface area contributed by atoms with Crippen molar-refractivity contribution in [3.63, 3.8) is 0 Å². The summed E-state index contributed by atoms with van der Waals surface area (Å²) < 4.78 is 34.6. The van der Waals surface area contributed by atoms with Crippen LogP contribution in [-0.4, -0.2) is 50.9 Å². The lowest BCUT2D eigenvalue weighted by Gasteiger charge is -2.32. The second kappa shape index (κ2) is 14.1. The predicted octanol–water partition coefficient (Wildman–Crippen LogP) is 5.79. The number of anilines is 1. The standard InChI is InChI=1S/C28H30Cl3N3O5S/c1-4-32-28(36)19(3)33(17-20-10-15-23(30)24(31)16-20)27(35)18-34(25-8-6-7-9-26(25)39-5-2)40(37,38)22-13-11-21(29)12-14-22/h6-16,19H,4-5,17-18H2,1-3H3,(H,32,36)/t19-/m1/s1. The number of sulfonamides is 1. The summed E-state index contributed by atoms with van der Waals surface area (Å²) in [6.07, 6.45) is 0. The summed E-state index contributed by atoms with van der Waals surface area (Å²) in [7, 11) is -4.27. The van der Waals surface area contributed by atoms with Crippen LogP contribution in [0.15, 0.2) is 71.6 Å². The Morgan fingerprint density at radius 1 is 0.950 bits per heavy atom. The van der Waals surface area contributed by atoms with Gasteiger partial charge in [-0.15, -0.1) is 0 Å². The van der Waals surface area contributed by atoms with Crippen LogP contribution >= 0.6 is 34.8 Å². The second-order valence-electron chi connectivity index (χ2n) is 8.71. The van der Waals surface area contributed by atoms with Crippen LogP contribution in [-0.2, 0) is 26.2 Å². The molecule has 1 atom stereocenters. The molecule has 0 saturated heterocycles. The maximum Gasteiger partial charge on any atom is 0.264 e. The van der Waals surface area contributed by atoms with E-state index >= 15 is 0 Å². The van der Waals surface area contributed by atoms with Crippen molar-refractivity contribution in [2.75, 3.05) is 24.0 Å². The van der Waals surface area contributed by atoms with E-state index in [1.54, 1.807) is 63.2 Å². The zero-order valence-corrected chi connectivity index (χ0v) is 25.3.